The van der Waals surface area contributed by atoms with E-state index in [4.69, 9.17) is 26.8 Å². The van der Waals surface area contributed by atoms with Gasteiger partial charge >= 0.3 is 5.97 Å². The first-order chi connectivity index (χ1) is 12.5. The largest absolute Gasteiger partial charge is 0.469 e. The minimum Gasteiger partial charge on any atom is -0.469 e. The Labute approximate surface area is 157 Å². The summed E-state index contributed by atoms with van der Waals surface area (Å²) < 4.78 is 10.6. The zero-order valence-corrected chi connectivity index (χ0v) is 15.5. The number of esters is 1. The third kappa shape index (κ3) is 3.83. The lowest BCUT2D eigenvalue weighted by molar-refractivity contribution is -0.146. The van der Waals surface area contributed by atoms with Crippen LogP contribution in [-0.4, -0.2) is 36.1 Å². The number of nitrogens with two attached hydrogens (primary N) is 1. The van der Waals surface area contributed by atoms with Crippen molar-refractivity contribution in [3.8, 4) is 11.6 Å². The summed E-state index contributed by atoms with van der Waals surface area (Å²) in [7, 11) is 1.42. The van der Waals surface area contributed by atoms with Crippen molar-refractivity contribution < 1.29 is 14.3 Å². The van der Waals surface area contributed by atoms with Crippen LogP contribution in [0, 0.1) is 12.8 Å². The number of rotatable bonds is 4. The molecule has 0 amide bonds. The van der Waals surface area contributed by atoms with Crippen LogP contribution in [0.1, 0.15) is 18.4 Å². The smallest absolute Gasteiger partial charge is 0.308 e. The lowest BCUT2D eigenvalue weighted by Crippen LogP contribution is -2.37. The van der Waals surface area contributed by atoms with Gasteiger partial charge in [0.15, 0.2) is 5.82 Å². The molecule has 1 fully saturated rings. The van der Waals surface area contributed by atoms with Gasteiger partial charge in [-0.3, -0.25) is 4.79 Å². The van der Waals surface area contributed by atoms with E-state index in [0.717, 1.165) is 5.56 Å². The SMILES string of the molecule is COC(=O)C1CCN(c2ncnc(Oc3ccc(Cl)c(C)c3)c2N)CC1. The number of carbonyl (C=O) groups is 1. The van der Waals surface area contributed by atoms with E-state index in [-0.39, 0.29) is 11.9 Å². The van der Waals surface area contributed by atoms with Gasteiger partial charge in [-0.05, 0) is 43.5 Å². The van der Waals surface area contributed by atoms with E-state index in [1.165, 1.54) is 13.4 Å². The van der Waals surface area contributed by atoms with E-state index in [1.807, 2.05) is 17.9 Å². The van der Waals surface area contributed by atoms with Gasteiger partial charge in [0.25, 0.3) is 0 Å². The van der Waals surface area contributed by atoms with Crippen LogP contribution in [0.3, 0.4) is 0 Å². The topological polar surface area (TPSA) is 90.6 Å². The number of halogens is 1. The molecule has 1 aliphatic heterocycles. The highest BCUT2D eigenvalue weighted by Gasteiger charge is 2.27. The second-order valence-electron chi connectivity index (χ2n) is 6.21. The summed E-state index contributed by atoms with van der Waals surface area (Å²) in [6.45, 7) is 3.23. The average Bonchev–Trinajstić information content (AvgIpc) is 2.66. The Balaban J connectivity index is 1.75. The fraction of sp³-hybridized carbons (Fsp3) is 0.389. The van der Waals surface area contributed by atoms with Crippen molar-refractivity contribution in [2.75, 3.05) is 30.8 Å². The number of nitrogens with zero attached hydrogens (tertiary/aromatic N) is 3. The zero-order chi connectivity index (χ0) is 18.7. The predicted octanol–water partition coefficient (Wildman–Crippen LogP) is 3.20. The Morgan fingerprint density at radius 1 is 1.31 bits per heavy atom. The predicted molar refractivity (Wildman–Crippen MR) is 99.7 cm³/mol. The zero-order valence-electron chi connectivity index (χ0n) is 14.7. The van der Waals surface area contributed by atoms with Crippen molar-refractivity contribution >= 4 is 29.1 Å². The van der Waals surface area contributed by atoms with Gasteiger partial charge in [-0.25, -0.2) is 4.98 Å². The summed E-state index contributed by atoms with van der Waals surface area (Å²) in [5.74, 6) is 1.28. The van der Waals surface area contributed by atoms with Crippen molar-refractivity contribution in [3.05, 3.63) is 35.1 Å². The molecule has 1 aliphatic rings. The molecule has 7 nitrogen and oxygen atoms in total. The van der Waals surface area contributed by atoms with Crippen LogP contribution in [0.25, 0.3) is 0 Å². The molecular formula is C18H21ClN4O3. The summed E-state index contributed by atoms with van der Waals surface area (Å²) in [5, 5.41) is 0.669. The molecule has 0 spiro atoms. The Hall–Kier alpha value is -2.54. The van der Waals surface area contributed by atoms with E-state index in [2.05, 4.69) is 9.97 Å². The number of methoxy groups -OCH3 is 1. The second-order valence-corrected chi connectivity index (χ2v) is 6.62. The highest BCUT2D eigenvalue weighted by atomic mass is 35.5. The molecule has 2 aromatic rings. The summed E-state index contributed by atoms with van der Waals surface area (Å²) in [6, 6.07) is 5.35. The van der Waals surface area contributed by atoms with Gasteiger partial charge in [0.2, 0.25) is 5.88 Å². The molecule has 138 valence electrons. The van der Waals surface area contributed by atoms with Gasteiger partial charge in [-0.1, -0.05) is 11.6 Å². The number of carbonyl (C=O) groups excluding carboxylic acids is 1. The van der Waals surface area contributed by atoms with Crippen LogP contribution in [0.2, 0.25) is 5.02 Å². The van der Waals surface area contributed by atoms with Crippen molar-refractivity contribution in [2.24, 2.45) is 5.92 Å². The number of piperidine rings is 1. The van der Waals surface area contributed by atoms with Crippen LogP contribution in [0.15, 0.2) is 24.5 Å². The number of aryl methyl sites for hydroxylation is 1. The van der Waals surface area contributed by atoms with Crippen molar-refractivity contribution in [1.82, 2.24) is 9.97 Å². The van der Waals surface area contributed by atoms with Crippen LogP contribution >= 0.6 is 11.6 Å². The molecule has 26 heavy (non-hydrogen) atoms. The van der Waals surface area contributed by atoms with Gasteiger partial charge in [0.1, 0.15) is 17.8 Å². The van der Waals surface area contributed by atoms with E-state index in [9.17, 15) is 4.79 Å². The average molecular weight is 377 g/mol. The summed E-state index contributed by atoms with van der Waals surface area (Å²) in [6.07, 6.45) is 2.82. The first kappa shape index (κ1) is 18.3. The van der Waals surface area contributed by atoms with Crippen molar-refractivity contribution in [1.29, 1.82) is 0 Å². The van der Waals surface area contributed by atoms with Gasteiger partial charge < -0.3 is 20.1 Å². The molecule has 0 unspecified atom stereocenters. The minimum atomic E-state index is -0.164. The molecule has 1 aromatic heterocycles. The lowest BCUT2D eigenvalue weighted by Gasteiger charge is -2.32. The fourth-order valence-electron chi connectivity index (χ4n) is 2.99. The second kappa shape index (κ2) is 7.78. The molecule has 0 atom stereocenters. The van der Waals surface area contributed by atoms with E-state index >= 15 is 0 Å². The third-order valence-electron chi connectivity index (χ3n) is 4.50. The lowest BCUT2D eigenvalue weighted by atomic mass is 9.97. The van der Waals surface area contributed by atoms with Crippen LogP contribution in [-0.2, 0) is 9.53 Å². The number of ether oxygens (including phenoxy) is 2. The third-order valence-corrected chi connectivity index (χ3v) is 4.92. The molecule has 0 aliphatic carbocycles. The first-order valence-electron chi connectivity index (χ1n) is 8.37. The Morgan fingerprint density at radius 3 is 2.69 bits per heavy atom. The molecule has 0 bridgehead atoms. The van der Waals surface area contributed by atoms with Crippen LogP contribution in [0.5, 0.6) is 11.6 Å². The molecule has 2 heterocycles. The van der Waals surface area contributed by atoms with E-state index in [0.29, 0.717) is 54.1 Å². The maximum absolute atomic E-state index is 11.7. The molecule has 2 N–H and O–H groups in total. The molecule has 0 saturated carbocycles. The highest BCUT2D eigenvalue weighted by molar-refractivity contribution is 6.31. The highest BCUT2D eigenvalue weighted by Crippen LogP contribution is 2.34. The van der Waals surface area contributed by atoms with Gasteiger partial charge in [0, 0.05) is 18.1 Å². The summed E-state index contributed by atoms with van der Waals surface area (Å²) >= 11 is 6.04. The van der Waals surface area contributed by atoms with Crippen molar-refractivity contribution in [2.45, 2.75) is 19.8 Å². The maximum Gasteiger partial charge on any atom is 0.308 e. The maximum atomic E-state index is 11.7. The number of nitrogen functional groups attached to an aromatic ring is 1. The quantitative estimate of drug-likeness (QED) is 0.819. The molecule has 0 radical (unpaired) electrons. The Kier molecular flexibility index (Phi) is 5.46. The number of hydrogen-bond acceptors (Lipinski definition) is 7. The van der Waals surface area contributed by atoms with E-state index < -0.39 is 0 Å². The monoisotopic (exact) mass is 376 g/mol. The normalized spacial score (nSPS) is 15.0. The first-order valence-corrected chi connectivity index (χ1v) is 8.74. The molecule has 1 saturated heterocycles. The Bertz CT molecular complexity index is 807. The number of hydrogen-bond donors (Lipinski definition) is 1. The number of benzene rings is 1. The van der Waals surface area contributed by atoms with Gasteiger partial charge in [-0.2, -0.15) is 4.98 Å². The Morgan fingerprint density at radius 2 is 2.04 bits per heavy atom. The van der Waals surface area contributed by atoms with Gasteiger partial charge in [0.05, 0.1) is 13.0 Å². The summed E-state index contributed by atoms with van der Waals surface area (Å²) in [5.41, 5.74) is 7.52. The molecule has 8 heteroatoms. The summed E-state index contributed by atoms with van der Waals surface area (Å²) in [4.78, 5) is 22.1. The van der Waals surface area contributed by atoms with Crippen molar-refractivity contribution in [3.63, 3.8) is 0 Å². The van der Waals surface area contributed by atoms with Gasteiger partial charge in [-0.15, -0.1) is 0 Å². The number of anilines is 2. The minimum absolute atomic E-state index is 0.0768. The van der Waals surface area contributed by atoms with Crippen LogP contribution in [0.4, 0.5) is 11.5 Å². The molecular weight excluding hydrogens is 356 g/mol. The fourth-order valence-corrected chi connectivity index (χ4v) is 3.11. The molecule has 1 aromatic carbocycles. The van der Waals surface area contributed by atoms with E-state index in [1.54, 1.807) is 12.1 Å². The number of aromatic nitrogens is 2. The molecule has 3 rings (SSSR count). The van der Waals surface area contributed by atoms with Crippen LogP contribution < -0.4 is 15.4 Å². The standard InChI is InChI=1S/C18H21ClN4O3/c1-11-9-13(3-4-14(11)19)26-17-15(20)16(21-10-22-17)23-7-5-12(6-8-23)18(24)25-2/h3-4,9-10,12H,5-8,20H2,1-2H3.